The highest BCUT2D eigenvalue weighted by molar-refractivity contribution is 7.89. The largest absolute Gasteiger partial charge is 0.322 e. The Hall–Kier alpha value is -2.51. The summed E-state index contributed by atoms with van der Waals surface area (Å²) < 4.78 is 26.5. The number of hydrogen-bond donors (Lipinski definition) is 1. The minimum atomic E-state index is -3.49. The van der Waals surface area contributed by atoms with E-state index in [0.29, 0.717) is 29.9 Å². The maximum atomic E-state index is 12.5. The van der Waals surface area contributed by atoms with Crippen LogP contribution >= 0.6 is 0 Å². The molecule has 2 aromatic rings. The van der Waals surface area contributed by atoms with Crippen LogP contribution in [0, 0.1) is 0 Å². The van der Waals surface area contributed by atoms with E-state index in [1.165, 1.54) is 35.5 Å². The van der Waals surface area contributed by atoms with Gasteiger partial charge >= 0.3 is 0 Å². The molecule has 136 valence electrons. The standard InChI is InChI=1S/C19H20N2O4S/c1-14(22)16-5-4-6-17(13-16)20-19(23)15-7-9-18(10-8-15)26(24,25)21-11-2-3-12-21/h4-10,13H,2-3,11-12H2,1H3,(H,20,23). The molecule has 0 aromatic heterocycles. The lowest BCUT2D eigenvalue weighted by Gasteiger charge is -2.15. The predicted octanol–water partition coefficient (Wildman–Crippen LogP) is 2.93. The molecule has 0 bridgehead atoms. The second-order valence-electron chi connectivity index (χ2n) is 6.23. The number of Topliss-reactive ketones (excluding diaryl/α,β-unsaturated/α-hetero) is 1. The van der Waals surface area contributed by atoms with Crippen molar-refractivity contribution < 1.29 is 18.0 Å². The molecule has 1 aliphatic rings. The molecule has 1 amide bonds. The molecular formula is C19H20N2O4S. The van der Waals surface area contributed by atoms with Gasteiger partial charge in [-0.25, -0.2) is 8.42 Å². The number of hydrogen-bond acceptors (Lipinski definition) is 4. The quantitative estimate of drug-likeness (QED) is 0.818. The number of sulfonamides is 1. The minimum absolute atomic E-state index is 0.0856. The van der Waals surface area contributed by atoms with Crippen molar-refractivity contribution in [2.24, 2.45) is 0 Å². The van der Waals surface area contributed by atoms with E-state index in [9.17, 15) is 18.0 Å². The fourth-order valence-electron chi connectivity index (χ4n) is 2.88. The maximum Gasteiger partial charge on any atom is 0.255 e. The summed E-state index contributed by atoms with van der Waals surface area (Å²) >= 11 is 0. The van der Waals surface area contributed by atoms with E-state index in [2.05, 4.69) is 5.32 Å². The average molecular weight is 372 g/mol. The molecule has 26 heavy (non-hydrogen) atoms. The van der Waals surface area contributed by atoms with E-state index < -0.39 is 10.0 Å². The van der Waals surface area contributed by atoms with Crippen LogP contribution in [0.4, 0.5) is 5.69 Å². The second kappa shape index (κ2) is 7.39. The summed E-state index contributed by atoms with van der Waals surface area (Å²) in [6.07, 6.45) is 1.75. The summed E-state index contributed by atoms with van der Waals surface area (Å²) in [5.41, 5.74) is 1.37. The van der Waals surface area contributed by atoms with Crippen LogP contribution in [-0.4, -0.2) is 37.5 Å². The summed E-state index contributed by atoms with van der Waals surface area (Å²) in [6, 6.07) is 12.6. The van der Waals surface area contributed by atoms with E-state index in [0.717, 1.165) is 12.8 Å². The number of nitrogens with one attached hydrogen (secondary N) is 1. The van der Waals surface area contributed by atoms with Gasteiger partial charge in [-0.2, -0.15) is 4.31 Å². The first-order chi connectivity index (χ1) is 12.4. The van der Waals surface area contributed by atoms with Crippen molar-refractivity contribution in [3.8, 4) is 0 Å². The normalized spacial score (nSPS) is 15.0. The molecule has 0 atom stereocenters. The van der Waals surface area contributed by atoms with E-state index in [4.69, 9.17) is 0 Å². The van der Waals surface area contributed by atoms with Crippen LogP contribution in [-0.2, 0) is 10.0 Å². The lowest BCUT2D eigenvalue weighted by atomic mass is 10.1. The van der Waals surface area contributed by atoms with Crippen LogP contribution in [0.1, 0.15) is 40.5 Å². The molecule has 6 nitrogen and oxygen atoms in total. The Labute approximate surface area is 152 Å². The van der Waals surface area contributed by atoms with Gasteiger partial charge in [-0.3, -0.25) is 9.59 Å². The molecule has 0 aliphatic carbocycles. The summed E-state index contributed by atoms with van der Waals surface area (Å²) in [5, 5.41) is 2.72. The first-order valence-corrected chi connectivity index (χ1v) is 9.84. The SMILES string of the molecule is CC(=O)c1cccc(NC(=O)c2ccc(S(=O)(=O)N3CCCC3)cc2)c1. The molecule has 0 saturated carbocycles. The molecule has 0 unspecified atom stereocenters. The van der Waals surface area contributed by atoms with E-state index in [1.54, 1.807) is 24.3 Å². The van der Waals surface area contributed by atoms with Gasteiger partial charge in [0.1, 0.15) is 0 Å². The Kier molecular flexibility index (Phi) is 5.20. The summed E-state index contributed by atoms with van der Waals surface area (Å²) in [6.45, 7) is 2.54. The van der Waals surface area contributed by atoms with Crippen LogP contribution in [0.15, 0.2) is 53.4 Å². The highest BCUT2D eigenvalue weighted by atomic mass is 32.2. The fourth-order valence-corrected chi connectivity index (χ4v) is 4.39. The van der Waals surface area contributed by atoms with Crippen LogP contribution < -0.4 is 5.32 Å². The highest BCUT2D eigenvalue weighted by Crippen LogP contribution is 2.21. The number of anilines is 1. The molecular weight excluding hydrogens is 352 g/mol. The van der Waals surface area contributed by atoms with Crippen molar-refractivity contribution in [2.45, 2.75) is 24.7 Å². The summed E-state index contributed by atoms with van der Waals surface area (Å²) in [5.74, 6) is -0.451. The van der Waals surface area contributed by atoms with Crippen LogP contribution in [0.5, 0.6) is 0 Å². The number of ketones is 1. The topological polar surface area (TPSA) is 83.5 Å². The van der Waals surface area contributed by atoms with E-state index in [-0.39, 0.29) is 16.6 Å². The zero-order valence-electron chi connectivity index (χ0n) is 14.4. The number of amides is 1. The van der Waals surface area contributed by atoms with Crippen LogP contribution in [0.2, 0.25) is 0 Å². The number of nitrogens with zero attached hydrogens (tertiary/aromatic N) is 1. The Morgan fingerprint density at radius 2 is 1.62 bits per heavy atom. The third kappa shape index (κ3) is 3.84. The monoisotopic (exact) mass is 372 g/mol. The van der Waals surface area contributed by atoms with Gasteiger partial charge in [-0.1, -0.05) is 12.1 Å². The molecule has 0 radical (unpaired) electrons. The lowest BCUT2D eigenvalue weighted by molar-refractivity contribution is 0.101. The Morgan fingerprint density at radius 3 is 2.23 bits per heavy atom. The minimum Gasteiger partial charge on any atom is -0.322 e. The van der Waals surface area contributed by atoms with Gasteiger partial charge < -0.3 is 5.32 Å². The zero-order valence-corrected chi connectivity index (χ0v) is 15.3. The van der Waals surface area contributed by atoms with Crippen molar-refractivity contribution in [3.63, 3.8) is 0 Å². The van der Waals surface area contributed by atoms with Gasteiger partial charge in [0, 0.05) is 29.9 Å². The molecule has 0 spiro atoms. The third-order valence-electron chi connectivity index (χ3n) is 4.35. The van der Waals surface area contributed by atoms with Gasteiger partial charge in [0.2, 0.25) is 10.0 Å². The molecule has 1 saturated heterocycles. The van der Waals surface area contributed by atoms with Crippen molar-refractivity contribution in [2.75, 3.05) is 18.4 Å². The Bertz CT molecular complexity index is 930. The van der Waals surface area contributed by atoms with Crippen LogP contribution in [0.25, 0.3) is 0 Å². The molecule has 1 N–H and O–H groups in total. The Balaban J connectivity index is 1.75. The van der Waals surface area contributed by atoms with Crippen molar-refractivity contribution in [1.29, 1.82) is 0 Å². The zero-order chi connectivity index (χ0) is 18.7. The molecule has 3 rings (SSSR count). The molecule has 1 heterocycles. The summed E-state index contributed by atoms with van der Waals surface area (Å²) in [4.78, 5) is 24.0. The maximum absolute atomic E-state index is 12.5. The lowest BCUT2D eigenvalue weighted by Crippen LogP contribution is -2.27. The van der Waals surface area contributed by atoms with Crippen LogP contribution in [0.3, 0.4) is 0 Å². The van der Waals surface area contributed by atoms with Gasteiger partial charge in [0.25, 0.3) is 5.91 Å². The van der Waals surface area contributed by atoms with E-state index >= 15 is 0 Å². The van der Waals surface area contributed by atoms with E-state index in [1.807, 2.05) is 0 Å². The van der Waals surface area contributed by atoms with Gasteiger partial charge in [0.15, 0.2) is 5.78 Å². The predicted molar refractivity (Wildman–Crippen MR) is 98.8 cm³/mol. The number of benzene rings is 2. The fraction of sp³-hybridized carbons (Fsp3) is 0.263. The number of carbonyl (C=O) groups is 2. The van der Waals surface area contributed by atoms with Crippen molar-refractivity contribution in [3.05, 3.63) is 59.7 Å². The van der Waals surface area contributed by atoms with Gasteiger partial charge in [-0.05, 0) is 56.2 Å². The van der Waals surface area contributed by atoms with Crippen molar-refractivity contribution >= 4 is 27.4 Å². The highest BCUT2D eigenvalue weighted by Gasteiger charge is 2.27. The first-order valence-electron chi connectivity index (χ1n) is 8.40. The molecule has 7 heteroatoms. The average Bonchev–Trinajstić information content (AvgIpc) is 3.17. The molecule has 2 aromatic carbocycles. The first kappa shape index (κ1) is 18.3. The number of rotatable bonds is 5. The molecule has 1 fully saturated rings. The molecule has 1 aliphatic heterocycles. The van der Waals surface area contributed by atoms with Crippen molar-refractivity contribution in [1.82, 2.24) is 4.31 Å². The second-order valence-corrected chi connectivity index (χ2v) is 8.16. The smallest absolute Gasteiger partial charge is 0.255 e. The summed E-state index contributed by atoms with van der Waals surface area (Å²) in [7, 11) is -3.49. The third-order valence-corrected chi connectivity index (χ3v) is 6.26. The van der Waals surface area contributed by atoms with Gasteiger partial charge in [-0.15, -0.1) is 0 Å². The Morgan fingerprint density at radius 1 is 0.962 bits per heavy atom. The van der Waals surface area contributed by atoms with Gasteiger partial charge in [0.05, 0.1) is 4.90 Å². The number of carbonyl (C=O) groups excluding carboxylic acids is 2.